The fourth-order valence-corrected chi connectivity index (χ4v) is 6.59. The largest absolute Gasteiger partial charge is 0.393 e. The van der Waals surface area contributed by atoms with Crippen molar-refractivity contribution < 1.29 is 15.0 Å². The monoisotopic (exact) mass is 304 g/mol. The number of allylic oxidation sites excluding steroid dienone is 1. The first kappa shape index (κ1) is 14.9. The number of hydrogen-bond donors (Lipinski definition) is 2. The van der Waals surface area contributed by atoms with E-state index in [2.05, 4.69) is 13.8 Å². The van der Waals surface area contributed by atoms with Crippen LogP contribution in [0.25, 0.3) is 0 Å². The van der Waals surface area contributed by atoms with Crippen molar-refractivity contribution in [2.75, 3.05) is 0 Å². The molecule has 3 nitrogen and oxygen atoms in total. The Hall–Kier alpha value is -0.670. The van der Waals surface area contributed by atoms with Crippen molar-refractivity contribution >= 4 is 5.78 Å². The summed E-state index contributed by atoms with van der Waals surface area (Å²) in [6.45, 7) is 4.54. The summed E-state index contributed by atoms with van der Waals surface area (Å²) in [6, 6.07) is 0. The molecule has 0 radical (unpaired) electrons. The zero-order chi connectivity index (χ0) is 15.7. The molecule has 0 aromatic carbocycles. The first-order valence-electron chi connectivity index (χ1n) is 8.96. The summed E-state index contributed by atoms with van der Waals surface area (Å²) < 4.78 is 0. The molecule has 0 aromatic rings. The zero-order valence-electron chi connectivity index (χ0n) is 13.7. The number of fused-ring (bicyclic) bond motifs is 5. The van der Waals surface area contributed by atoms with Crippen molar-refractivity contribution in [3.05, 3.63) is 11.6 Å². The summed E-state index contributed by atoms with van der Waals surface area (Å²) in [6.07, 6.45) is 7.62. The van der Waals surface area contributed by atoms with E-state index < -0.39 is 0 Å². The van der Waals surface area contributed by atoms with Gasteiger partial charge in [-0.15, -0.1) is 0 Å². The van der Waals surface area contributed by atoms with Crippen LogP contribution in [0.5, 0.6) is 0 Å². The molecule has 0 aromatic heterocycles. The van der Waals surface area contributed by atoms with E-state index in [1.807, 2.05) is 6.08 Å². The molecule has 0 heterocycles. The molecule has 0 amide bonds. The molecule has 4 aliphatic rings. The van der Waals surface area contributed by atoms with Crippen LogP contribution in [0, 0.1) is 28.6 Å². The lowest BCUT2D eigenvalue weighted by Crippen LogP contribution is -2.52. The van der Waals surface area contributed by atoms with E-state index in [-0.39, 0.29) is 29.0 Å². The van der Waals surface area contributed by atoms with Crippen LogP contribution in [0.15, 0.2) is 11.6 Å². The Morgan fingerprint density at radius 3 is 2.68 bits per heavy atom. The maximum atomic E-state index is 11.8. The highest BCUT2D eigenvalue weighted by Crippen LogP contribution is 2.65. The maximum absolute atomic E-state index is 11.8. The van der Waals surface area contributed by atoms with Crippen LogP contribution < -0.4 is 0 Å². The van der Waals surface area contributed by atoms with Crippen LogP contribution in [0.4, 0.5) is 0 Å². The molecule has 3 heteroatoms. The first-order valence-corrected chi connectivity index (χ1v) is 8.96. The third-order valence-corrected chi connectivity index (χ3v) is 7.90. The van der Waals surface area contributed by atoms with Gasteiger partial charge in [0.2, 0.25) is 0 Å². The smallest absolute Gasteiger partial charge is 0.155 e. The Morgan fingerprint density at radius 2 is 1.91 bits per heavy atom. The van der Waals surface area contributed by atoms with Gasteiger partial charge in [-0.1, -0.05) is 19.4 Å². The van der Waals surface area contributed by atoms with Gasteiger partial charge in [0.25, 0.3) is 0 Å². The van der Waals surface area contributed by atoms with Crippen molar-refractivity contribution in [1.29, 1.82) is 0 Å². The van der Waals surface area contributed by atoms with Crippen molar-refractivity contribution in [3.8, 4) is 0 Å². The average Bonchev–Trinajstić information content (AvgIpc) is 2.70. The molecule has 2 N–H and O–H groups in total. The normalized spacial score (nSPS) is 54.3. The quantitative estimate of drug-likeness (QED) is 0.723. The van der Waals surface area contributed by atoms with E-state index in [9.17, 15) is 15.0 Å². The Kier molecular flexibility index (Phi) is 3.16. The minimum absolute atomic E-state index is 0.108. The predicted octanol–water partition coefficient (Wildman–Crippen LogP) is 2.85. The molecular weight excluding hydrogens is 276 g/mol. The van der Waals surface area contributed by atoms with Crippen molar-refractivity contribution in [2.45, 2.75) is 71.0 Å². The van der Waals surface area contributed by atoms with E-state index in [1.165, 1.54) is 5.57 Å². The van der Waals surface area contributed by atoms with Gasteiger partial charge < -0.3 is 10.2 Å². The molecule has 22 heavy (non-hydrogen) atoms. The van der Waals surface area contributed by atoms with Crippen molar-refractivity contribution in [2.24, 2.45) is 28.6 Å². The Bertz CT molecular complexity index is 539. The lowest BCUT2D eigenvalue weighted by Gasteiger charge is -2.58. The van der Waals surface area contributed by atoms with Crippen LogP contribution in [-0.4, -0.2) is 28.2 Å². The molecular formula is C19H28O3. The van der Waals surface area contributed by atoms with Crippen LogP contribution in [0.2, 0.25) is 0 Å². The molecule has 0 spiro atoms. The third kappa shape index (κ3) is 1.78. The third-order valence-electron chi connectivity index (χ3n) is 7.90. The van der Waals surface area contributed by atoms with Gasteiger partial charge in [-0.3, -0.25) is 4.79 Å². The Balaban J connectivity index is 1.71. The fourth-order valence-electron chi connectivity index (χ4n) is 6.59. The maximum Gasteiger partial charge on any atom is 0.155 e. The van der Waals surface area contributed by atoms with Crippen molar-refractivity contribution in [3.63, 3.8) is 0 Å². The molecule has 3 fully saturated rings. The number of carbonyl (C=O) groups is 1. The lowest BCUT2D eigenvalue weighted by molar-refractivity contribution is -0.119. The van der Waals surface area contributed by atoms with Crippen LogP contribution >= 0.6 is 0 Å². The van der Waals surface area contributed by atoms with Gasteiger partial charge in [0.15, 0.2) is 5.78 Å². The second kappa shape index (κ2) is 4.67. The Morgan fingerprint density at radius 1 is 1.14 bits per heavy atom. The molecule has 0 aliphatic heterocycles. The minimum Gasteiger partial charge on any atom is -0.393 e. The number of carbonyl (C=O) groups excluding carboxylic acids is 1. The second-order valence-corrected chi connectivity index (χ2v) is 8.75. The van der Waals surface area contributed by atoms with Gasteiger partial charge in [0.05, 0.1) is 12.2 Å². The van der Waals surface area contributed by atoms with Crippen LogP contribution in [-0.2, 0) is 4.79 Å². The second-order valence-electron chi connectivity index (χ2n) is 8.75. The van der Waals surface area contributed by atoms with Crippen LogP contribution in [0.3, 0.4) is 0 Å². The lowest BCUT2D eigenvalue weighted by atomic mass is 9.47. The van der Waals surface area contributed by atoms with Crippen molar-refractivity contribution in [1.82, 2.24) is 0 Å². The molecule has 4 aliphatic carbocycles. The summed E-state index contributed by atoms with van der Waals surface area (Å²) in [5, 5.41) is 21.1. The SMILES string of the molecule is C[C@@]12CC[C@@H]3[C@H](CCC4=CC(=O)CC[C@]43C)[C@H]1[C@H](O)C[C@H]2O. The van der Waals surface area contributed by atoms with E-state index in [0.717, 1.165) is 32.1 Å². The molecule has 4 rings (SSSR count). The summed E-state index contributed by atoms with van der Waals surface area (Å²) >= 11 is 0. The van der Waals surface area contributed by atoms with E-state index in [0.29, 0.717) is 30.5 Å². The standard InChI is InChI=1S/C19H28O3/c1-18-7-5-12(20)9-11(18)3-4-13-14(18)6-8-19(2)16(22)10-15(21)17(13)19/h9,13-17,21-22H,3-8,10H2,1-2H3/t13-,14+,15+,16+,17-,18+,19-/m0/s1. The molecule has 0 bridgehead atoms. The van der Waals surface area contributed by atoms with Crippen LogP contribution in [0.1, 0.15) is 58.8 Å². The Labute approximate surface area is 132 Å². The van der Waals surface area contributed by atoms with Gasteiger partial charge in [-0.05, 0) is 66.8 Å². The summed E-state index contributed by atoms with van der Waals surface area (Å²) in [7, 11) is 0. The fraction of sp³-hybridized carbons (Fsp3) is 0.842. The highest BCUT2D eigenvalue weighted by atomic mass is 16.3. The highest BCUT2D eigenvalue weighted by Gasteiger charge is 2.61. The number of rotatable bonds is 0. The molecule has 0 saturated heterocycles. The number of hydrogen-bond acceptors (Lipinski definition) is 3. The van der Waals surface area contributed by atoms with Gasteiger partial charge in [-0.25, -0.2) is 0 Å². The van der Waals surface area contributed by atoms with Gasteiger partial charge in [-0.2, -0.15) is 0 Å². The molecule has 0 unspecified atom stereocenters. The predicted molar refractivity (Wildman–Crippen MR) is 84.1 cm³/mol. The average molecular weight is 304 g/mol. The number of aliphatic hydroxyl groups excluding tert-OH is 2. The summed E-state index contributed by atoms with van der Waals surface area (Å²) in [5.41, 5.74) is 1.40. The highest BCUT2D eigenvalue weighted by molar-refractivity contribution is 5.91. The van der Waals surface area contributed by atoms with E-state index in [4.69, 9.17) is 0 Å². The summed E-state index contributed by atoms with van der Waals surface area (Å²) in [5.74, 6) is 1.60. The number of aliphatic hydroxyl groups is 2. The zero-order valence-corrected chi connectivity index (χ0v) is 13.7. The van der Waals surface area contributed by atoms with E-state index in [1.54, 1.807) is 0 Å². The van der Waals surface area contributed by atoms with Gasteiger partial charge in [0.1, 0.15) is 0 Å². The molecule has 7 atom stereocenters. The minimum atomic E-state index is -0.355. The topological polar surface area (TPSA) is 57.5 Å². The molecule has 122 valence electrons. The van der Waals surface area contributed by atoms with E-state index >= 15 is 0 Å². The van der Waals surface area contributed by atoms with Gasteiger partial charge in [0, 0.05) is 12.8 Å². The molecule has 3 saturated carbocycles. The number of ketones is 1. The summed E-state index contributed by atoms with van der Waals surface area (Å²) in [4.78, 5) is 11.8. The first-order chi connectivity index (χ1) is 10.4. The van der Waals surface area contributed by atoms with Gasteiger partial charge >= 0.3 is 0 Å².